The zero-order valence-corrected chi connectivity index (χ0v) is 11.5. The molecule has 1 N–H and O–H groups in total. The molecule has 1 fully saturated rings. The Morgan fingerprint density at radius 2 is 1.70 bits per heavy atom. The lowest BCUT2D eigenvalue weighted by atomic mass is 9.96. The summed E-state index contributed by atoms with van der Waals surface area (Å²) < 4.78 is 0. The fourth-order valence-electron chi connectivity index (χ4n) is 3.15. The smallest absolute Gasteiger partial charge is 0.325 e. The van der Waals surface area contributed by atoms with E-state index < -0.39 is 12.0 Å². The van der Waals surface area contributed by atoms with E-state index in [4.69, 9.17) is 0 Å². The minimum Gasteiger partial charge on any atom is -0.480 e. The number of hydrogen-bond acceptors (Lipinski definition) is 2. The lowest BCUT2D eigenvalue weighted by Crippen LogP contribution is -2.38. The second-order valence-electron chi connectivity index (χ2n) is 5.41. The van der Waals surface area contributed by atoms with Gasteiger partial charge in [-0.15, -0.1) is 0 Å². The van der Waals surface area contributed by atoms with Gasteiger partial charge in [-0.1, -0.05) is 48.9 Å². The highest BCUT2D eigenvalue weighted by Gasteiger charge is 2.29. The summed E-state index contributed by atoms with van der Waals surface area (Å²) in [7, 11) is 0. The fourth-order valence-corrected chi connectivity index (χ4v) is 3.15. The van der Waals surface area contributed by atoms with Crippen LogP contribution in [0.1, 0.15) is 30.9 Å². The lowest BCUT2D eigenvalue weighted by molar-refractivity contribution is -0.144. The van der Waals surface area contributed by atoms with Gasteiger partial charge in [0.15, 0.2) is 0 Å². The maximum absolute atomic E-state index is 11.8. The molecule has 0 bridgehead atoms. The molecule has 3 rings (SSSR count). The minimum atomic E-state index is -0.747. The van der Waals surface area contributed by atoms with Gasteiger partial charge in [0.1, 0.15) is 6.04 Å². The first-order valence-electron chi connectivity index (χ1n) is 7.22. The van der Waals surface area contributed by atoms with Gasteiger partial charge >= 0.3 is 5.97 Å². The number of piperidine rings is 1. The zero-order valence-electron chi connectivity index (χ0n) is 11.5. The summed E-state index contributed by atoms with van der Waals surface area (Å²) in [5, 5.41) is 11.9. The SMILES string of the molecule is O=C(O)[C@H](c1cccc2ccccc12)N1CCCCC1. The molecule has 0 unspecified atom stereocenters. The van der Waals surface area contributed by atoms with Crippen LogP contribution in [0.25, 0.3) is 10.8 Å². The molecule has 0 spiro atoms. The number of aliphatic carboxylic acids is 1. The Labute approximate surface area is 118 Å². The number of carbonyl (C=O) groups is 1. The van der Waals surface area contributed by atoms with Crippen LogP contribution in [-0.2, 0) is 4.79 Å². The summed E-state index contributed by atoms with van der Waals surface area (Å²) in [6.07, 6.45) is 3.39. The molecule has 0 aliphatic carbocycles. The first-order valence-corrected chi connectivity index (χ1v) is 7.22. The third kappa shape index (κ3) is 2.41. The molecule has 1 heterocycles. The van der Waals surface area contributed by atoms with E-state index in [1.165, 1.54) is 6.42 Å². The molecule has 1 aliphatic rings. The number of hydrogen-bond donors (Lipinski definition) is 1. The first kappa shape index (κ1) is 13.1. The molecule has 20 heavy (non-hydrogen) atoms. The second-order valence-corrected chi connectivity index (χ2v) is 5.41. The monoisotopic (exact) mass is 269 g/mol. The van der Waals surface area contributed by atoms with Crippen molar-refractivity contribution in [2.75, 3.05) is 13.1 Å². The van der Waals surface area contributed by atoms with Crippen molar-refractivity contribution in [1.29, 1.82) is 0 Å². The maximum Gasteiger partial charge on any atom is 0.325 e. The first-order chi connectivity index (χ1) is 9.77. The van der Waals surface area contributed by atoms with Crippen LogP contribution in [0, 0.1) is 0 Å². The number of likely N-dealkylation sites (tertiary alicyclic amines) is 1. The number of fused-ring (bicyclic) bond motifs is 1. The molecular weight excluding hydrogens is 250 g/mol. The largest absolute Gasteiger partial charge is 0.480 e. The number of benzene rings is 2. The molecule has 1 saturated heterocycles. The third-order valence-electron chi connectivity index (χ3n) is 4.11. The molecule has 2 aromatic carbocycles. The minimum absolute atomic E-state index is 0.526. The Hall–Kier alpha value is -1.87. The van der Waals surface area contributed by atoms with Crippen LogP contribution in [0.2, 0.25) is 0 Å². The summed E-state index contributed by atoms with van der Waals surface area (Å²) in [4.78, 5) is 13.9. The summed E-state index contributed by atoms with van der Waals surface area (Å²) in [5.74, 6) is -0.747. The lowest BCUT2D eigenvalue weighted by Gasteiger charge is -2.32. The maximum atomic E-state index is 11.8. The summed E-state index contributed by atoms with van der Waals surface area (Å²) in [6.45, 7) is 1.75. The molecule has 0 aromatic heterocycles. The van der Waals surface area contributed by atoms with Crippen LogP contribution >= 0.6 is 0 Å². The third-order valence-corrected chi connectivity index (χ3v) is 4.11. The van der Waals surface area contributed by atoms with Crippen molar-refractivity contribution in [3.8, 4) is 0 Å². The van der Waals surface area contributed by atoms with Crippen LogP contribution in [0.5, 0.6) is 0 Å². The highest BCUT2D eigenvalue weighted by Crippen LogP contribution is 2.30. The van der Waals surface area contributed by atoms with Crippen molar-refractivity contribution < 1.29 is 9.90 Å². The van der Waals surface area contributed by atoms with E-state index in [9.17, 15) is 9.90 Å². The Morgan fingerprint density at radius 1 is 1.00 bits per heavy atom. The van der Waals surface area contributed by atoms with E-state index in [-0.39, 0.29) is 0 Å². The number of nitrogens with zero attached hydrogens (tertiary/aromatic N) is 1. The van der Waals surface area contributed by atoms with Gasteiger partial charge in [0.25, 0.3) is 0 Å². The normalized spacial score (nSPS) is 18.0. The van der Waals surface area contributed by atoms with Crippen LogP contribution in [0.4, 0.5) is 0 Å². The molecule has 0 radical (unpaired) electrons. The molecule has 0 amide bonds. The molecule has 3 nitrogen and oxygen atoms in total. The Bertz CT molecular complexity index is 612. The van der Waals surface area contributed by atoms with Crippen LogP contribution in [0.3, 0.4) is 0 Å². The van der Waals surface area contributed by atoms with Crippen molar-refractivity contribution in [2.24, 2.45) is 0 Å². The Morgan fingerprint density at radius 3 is 2.45 bits per heavy atom. The number of rotatable bonds is 3. The van der Waals surface area contributed by atoms with Gasteiger partial charge in [-0.2, -0.15) is 0 Å². The van der Waals surface area contributed by atoms with Gasteiger partial charge in [0.2, 0.25) is 0 Å². The van der Waals surface area contributed by atoms with Gasteiger partial charge in [-0.05, 0) is 42.3 Å². The predicted molar refractivity (Wildman–Crippen MR) is 79.7 cm³/mol. The van der Waals surface area contributed by atoms with Crippen molar-refractivity contribution >= 4 is 16.7 Å². The number of carboxylic acids is 1. The van der Waals surface area contributed by atoms with Gasteiger partial charge < -0.3 is 5.11 Å². The van der Waals surface area contributed by atoms with Crippen molar-refractivity contribution in [2.45, 2.75) is 25.3 Å². The van der Waals surface area contributed by atoms with Gasteiger partial charge in [0.05, 0.1) is 0 Å². The van der Waals surface area contributed by atoms with E-state index in [0.29, 0.717) is 0 Å². The Balaban J connectivity index is 2.07. The van der Waals surface area contributed by atoms with E-state index in [1.807, 2.05) is 42.5 Å². The van der Waals surface area contributed by atoms with E-state index >= 15 is 0 Å². The second kappa shape index (κ2) is 5.63. The molecule has 1 aliphatic heterocycles. The quantitative estimate of drug-likeness (QED) is 0.927. The predicted octanol–water partition coefficient (Wildman–Crippen LogP) is 3.45. The van der Waals surface area contributed by atoms with Crippen molar-refractivity contribution in [1.82, 2.24) is 4.90 Å². The Kier molecular flexibility index (Phi) is 3.70. The topological polar surface area (TPSA) is 40.5 Å². The van der Waals surface area contributed by atoms with E-state index in [1.54, 1.807) is 0 Å². The van der Waals surface area contributed by atoms with Gasteiger partial charge in [-0.3, -0.25) is 9.69 Å². The van der Waals surface area contributed by atoms with Gasteiger partial charge in [0, 0.05) is 0 Å². The summed E-state index contributed by atoms with van der Waals surface area (Å²) in [6, 6.07) is 13.4. The highest BCUT2D eigenvalue weighted by atomic mass is 16.4. The molecular formula is C17H19NO2. The molecule has 1 atom stereocenters. The van der Waals surface area contributed by atoms with Crippen LogP contribution in [0.15, 0.2) is 42.5 Å². The van der Waals surface area contributed by atoms with Crippen LogP contribution in [-0.4, -0.2) is 29.1 Å². The standard InChI is InChI=1S/C17H19NO2/c19-17(20)16(18-11-4-1-5-12-18)15-10-6-8-13-7-2-3-9-14(13)15/h2-3,6-10,16H,1,4-5,11-12H2,(H,19,20)/t16-/m0/s1. The average Bonchev–Trinajstić information content (AvgIpc) is 2.48. The number of carboxylic acid groups (broad SMARTS) is 1. The summed E-state index contributed by atoms with van der Waals surface area (Å²) in [5.41, 5.74) is 0.914. The highest BCUT2D eigenvalue weighted by molar-refractivity contribution is 5.90. The van der Waals surface area contributed by atoms with Gasteiger partial charge in [-0.25, -0.2) is 0 Å². The van der Waals surface area contributed by atoms with E-state index in [2.05, 4.69) is 4.90 Å². The molecule has 104 valence electrons. The molecule has 2 aromatic rings. The fraction of sp³-hybridized carbons (Fsp3) is 0.353. The molecule has 0 saturated carbocycles. The van der Waals surface area contributed by atoms with E-state index in [0.717, 1.165) is 42.3 Å². The van der Waals surface area contributed by atoms with Crippen molar-refractivity contribution in [3.05, 3.63) is 48.0 Å². The molecule has 3 heteroatoms. The van der Waals surface area contributed by atoms with Crippen molar-refractivity contribution in [3.63, 3.8) is 0 Å². The zero-order chi connectivity index (χ0) is 13.9. The summed E-state index contributed by atoms with van der Waals surface area (Å²) >= 11 is 0. The average molecular weight is 269 g/mol. The van der Waals surface area contributed by atoms with Crippen LogP contribution < -0.4 is 0 Å².